The smallest absolute Gasteiger partial charge is 0.254 e. The van der Waals surface area contributed by atoms with Gasteiger partial charge in [-0.25, -0.2) is 4.39 Å². The molecule has 1 fully saturated rings. The number of aromatic amines is 1. The van der Waals surface area contributed by atoms with E-state index in [1.807, 2.05) is 6.07 Å². The summed E-state index contributed by atoms with van der Waals surface area (Å²) in [5, 5.41) is 7.19. The highest BCUT2D eigenvalue weighted by Crippen LogP contribution is 2.40. The maximum absolute atomic E-state index is 13.7. The molecule has 1 aliphatic rings. The molecule has 0 spiro atoms. The highest BCUT2D eigenvalue weighted by atomic mass is 19.1. The summed E-state index contributed by atoms with van der Waals surface area (Å²) in [6.07, 6.45) is 5.63. The normalized spacial score (nSPS) is 14.1. The van der Waals surface area contributed by atoms with Gasteiger partial charge in [0.1, 0.15) is 5.82 Å². The molecule has 2 heterocycles. The average molecular weight is 324 g/mol. The molecule has 1 N–H and O–H groups in total. The standard InChI is InChI=1S/C18H17FN4O/c1-23(10-11-8-20-21-9-11)18(24)15-7-17(12-2-3-12)22-16-5-4-13(19)6-14(15)16/h4-9,12H,2-3,10H2,1H3,(H,20,21). The van der Waals surface area contributed by atoms with Crippen molar-refractivity contribution in [3.05, 3.63) is 59.3 Å². The van der Waals surface area contributed by atoms with Crippen LogP contribution in [0.1, 0.15) is 40.4 Å². The van der Waals surface area contributed by atoms with E-state index in [4.69, 9.17) is 0 Å². The maximum atomic E-state index is 13.7. The molecule has 1 saturated carbocycles. The van der Waals surface area contributed by atoms with Crippen LogP contribution in [0.25, 0.3) is 10.9 Å². The van der Waals surface area contributed by atoms with Crippen LogP contribution in [-0.2, 0) is 6.54 Å². The van der Waals surface area contributed by atoms with Crippen molar-refractivity contribution in [2.45, 2.75) is 25.3 Å². The summed E-state index contributed by atoms with van der Waals surface area (Å²) in [4.78, 5) is 19.2. The lowest BCUT2D eigenvalue weighted by molar-refractivity contribution is 0.0787. The van der Waals surface area contributed by atoms with Gasteiger partial charge >= 0.3 is 0 Å². The number of nitrogens with zero attached hydrogens (tertiary/aromatic N) is 3. The number of halogens is 1. The van der Waals surface area contributed by atoms with Gasteiger partial charge in [-0.05, 0) is 37.1 Å². The molecule has 0 aliphatic heterocycles. The molecule has 1 amide bonds. The van der Waals surface area contributed by atoms with Crippen molar-refractivity contribution < 1.29 is 9.18 Å². The van der Waals surface area contributed by atoms with E-state index < -0.39 is 0 Å². The van der Waals surface area contributed by atoms with Crippen LogP contribution in [0.2, 0.25) is 0 Å². The van der Waals surface area contributed by atoms with E-state index in [-0.39, 0.29) is 11.7 Å². The van der Waals surface area contributed by atoms with Gasteiger partial charge in [-0.2, -0.15) is 5.10 Å². The lowest BCUT2D eigenvalue weighted by Crippen LogP contribution is -2.26. The fraction of sp³-hybridized carbons (Fsp3) is 0.278. The molecule has 1 aromatic carbocycles. The molecular weight excluding hydrogens is 307 g/mol. The SMILES string of the molecule is CN(Cc1cn[nH]c1)C(=O)c1cc(C2CC2)nc2ccc(F)cc12. The third-order valence-corrected chi connectivity index (χ3v) is 4.34. The number of amides is 1. The number of benzene rings is 1. The van der Waals surface area contributed by atoms with E-state index in [1.165, 1.54) is 12.1 Å². The molecule has 0 atom stereocenters. The number of carbonyl (C=O) groups excluding carboxylic acids is 1. The molecule has 2 aromatic heterocycles. The van der Waals surface area contributed by atoms with Crippen molar-refractivity contribution in [2.75, 3.05) is 7.05 Å². The molecule has 0 unspecified atom stereocenters. The van der Waals surface area contributed by atoms with Gasteiger partial charge in [-0.3, -0.25) is 14.9 Å². The number of nitrogens with one attached hydrogen (secondary N) is 1. The van der Waals surface area contributed by atoms with Gasteiger partial charge in [-0.1, -0.05) is 0 Å². The van der Waals surface area contributed by atoms with Crippen LogP contribution >= 0.6 is 0 Å². The molecule has 0 saturated heterocycles. The molecule has 3 aromatic rings. The Bertz CT molecular complexity index is 903. The van der Waals surface area contributed by atoms with Crippen LogP contribution in [0.4, 0.5) is 4.39 Å². The third-order valence-electron chi connectivity index (χ3n) is 4.34. The zero-order chi connectivity index (χ0) is 16.7. The number of hydrogen-bond donors (Lipinski definition) is 1. The molecular formula is C18H17FN4O. The number of aromatic nitrogens is 3. The van der Waals surface area contributed by atoms with E-state index in [2.05, 4.69) is 15.2 Å². The summed E-state index contributed by atoms with van der Waals surface area (Å²) in [5.41, 5.74) is 3.01. The Labute approximate surface area is 138 Å². The minimum atomic E-state index is -0.366. The number of rotatable bonds is 4. The van der Waals surface area contributed by atoms with Crippen molar-refractivity contribution in [1.82, 2.24) is 20.1 Å². The van der Waals surface area contributed by atoms with E-state index in [0.29, 0.717) is 28.9 Å². The molecule has 0 radical (unpaired) electrons. The lowest BCUT2D eigenvalue weighted by Gasteiger charge is -2.18. The number of carbonyl (C=O) groups is 1. The van der Waals surface area contributed by atoms with Crippen molar-refractivity contribution >= 4 is 16.8 Å². The fourth-order valence-corrected chi connectivity index (χ4v) is 2.90. The van der Waals surface area contributed by atoms with Crippen molar-refractivity contribution in [1.29, 1.82) is 0 Å². The van der Waals surface area contributed by atoms with Crippen molar-refractivity contribution in [3.8, 4) is 0 Å². The Morgan fingerprint density at radius 2 is 2.21 bits per heavy atom. The number of fused-ring (bicyclic) bond motifs is 1. The summed E-state index contributed by atoms with van der Waals surface area (Å²) < 4.78 is 13.7. The first-order valence-electron chi connectivity index (χ1n) is 7.95. The van der Waals surface area contributed by atoms with Gasteiger partial charge in [0.15, 0.2) is 0 Å². The highest BCUT2D eigenvalue weighted by molar-refractivity contribution is 6.06. The Morgan fingerprint density at radius 3 is 2.92 bits per heavy atom. The molecule has 122 valence electrons. The van der Waals surface area contributed by atoms with E-state index in [1.54, 1.807) is 30.4 Å². The zero-order valence-corrected chi connectivity index (χ0v) is 13.3. The molecule has 0 bridgehead atoms. The van der Waals surface area contributed by atoms with Gasteiger partial charge in [0.2, 0.25) is 0 Å². The first-order valence-corrected chi connectivity index (χ1v) is 7.95. The monoisotopic (exact) mass is 324 g/mol. The second-order valence-corrected chi connectivity index (χ2v) is 6.30. The van der Waals surface area contributed by atoms with E-state index >= 15 is 0 Å². The van der Waals surface area contributed by atoms with E-state index in [0.717, 1.165) is 24.1 Å². The Balaban J connectivity index is 1.75. The quantitative estimate of drug-likeness (QED) is 0.801. The topological polar surface area (TPSA) is 61.9 Å². The second-order valence-electron chi connectivity index (χ2n) is 6.30. The predicted octanol–water partition coefficient (Wildman–Crippen LogP) is 3.25. The fourth-order valence-electron chi connectivity index (χ4n) is 2.90. The van der Waals surface area contributed by atoms with Crippen molar-refractivity contribution in [3.63, 3.8) is 0 Å². The Morgan fingerprint density at radius 1 is 1.38 bits per heavy atom. The Kier molecular flexibility index (Phi) is 3.52. The number of H-pyrrole nitrogens is 1. The summed E-state index contributed by atoms with van der Waals surface area (Å²) in [6, 6.07) is 6.24. The van der Waals surface area contributed by atoms with Gasteiger partial charge in [-0.15, -0.1) is 0 Å². The van der Waals surface area contributed by atoms with Crippen LogP contribution in [0.5, 0.6) is 0 Å². The minimum Gasteiger partial charge on any atom is -0.337 e. The van der Waals surface area contributed by atoms with E-state index in [9.17, 15) is 9.18 Å². The average Bonchev–Trinajstić information content (AvgIpc) is 3.31. The molecule has 1 aliphatic carbocycles. The summed E-state index contributed by atoms with van der Waals surface area (Å²) in [7, 11) is 1.73. The molecule has 4 rings (SSSR count). The zero-order valence-electron chi connectivity index (χ0n) is 13.3. The molecule has 24 heavy (non-hydrogen) atoms. The molecule has 5 nitrogen and oxygen atoms in total. The van der Waals surface area contributed by atoms with Gasteiger partial charge in [0, 0.05) is 42.4 Å². The summed E-state index contributed by atoms with van der Waals surface area (Å²) >= 11 is 0. The van der Waals surface area contributed by atoms with Crippen LogP contribution in [-0.4, -0.2) is 33.0 Å². The van der Waals surface area contributed by atoms with Gasteiger partial charge < -0.3 is 4.90 Å². The highest BCUT2D eigenvalue weighted by Gasteiger charge is 2.27. The number of hydrogen-bond acceptors (Lipinski definition) is 3. The minimum absolute atomic E-state index is 0.142. The first-order chi connectivity index (χ1) is 11.6. The largest absolute Gasteiger partial charge is 0.337 e. The lowest BCUT2D eigenvalue weighted by atomic mass is 10.0. The van der Waals surface area contributed by atoms with Crippen LogP contribution in [0.15, 0.2) is 36.7 Å². The maximum Gasteiger partial charge on any atom is 0.254 e. The van der Waals surface area contributed by atoms with Crippen LogP contribution in [0, 0.1) is 5.82 Å². The second kappa shape index (κ2) is 5.70. The van der Waals surface area contributed by atoms with Crippen molar-refractivity contribution in [2.24, 2.45) is 0 Å². The summed E-state index contributed by atoms with van der Waals surface area (Å²) in [6.45, 7) is 0.438. The molecule has 6 heteroatoms. The first kappa shape index (κ1) is 14.8. The van der Waals surface area contributed by atoms with Gasteiger partial charge in [0.05, 0.1) is 17.3 Å². The third kappa shape index (κ3) is 2.75. The Hall–Kier alpha value is -2.76. The van der Waals surface area contributed by atoms with Gasteiger partial charge in [0.25, 0.3) is 5.91 Å². The predicted molar refractivity (Wildman–Crippen MR) is 88.1 cm³/mol. The number of pyridine rings is 1. The van der Waals surface area contributed by atoms with Crippen LogP contribution < -0.4 is 0 Å². The van der Waals surface area contributed by atoms with Crippen LogP contribution in [0.3, 0.4) is 0 Å². The summed E-state index contributed by atoms with van der Waals surface area (Å²) in [5.74, 6) is -0.0868.